The first kappa shape index (κ1) is 17.8. The molecular weight excluding hydrogens is 368 g/mol. The van der Waals surface area contributed by atoms with Crippen molar-refractivity contribution in [3.63, 3.8) is 0 Å². The second kappa shape index (κ2) is 6.86. The molecule has 0 amide bonds. The van der Waals surface area contributed by atoms with Crippen molar-refractivity contribution in [3.8, 4) is 11.5 Å². The summed E-state index contributed by atoms with van der Waals surface area (Å²) >= 11 is 0. The van der Waals surface area contributed by atoms with Gasteiger partial charge < -0.3 is 4.42 Å². The van der Waals surface area contributed by atoms with Crippen LogP contribution in [-0.4, -0.2) is 44.2 Å². The fourth-order valence-electron chi connectivity index (χ4n) is 3.29. The average Bonchev–Trinajstić information content (AvgIpc) is 3.41. The summed E-state index contributed by atoms with van der Waals surface area (Å²) in [5.41, 5.74) is 1.19. The topological polar surface area (TPSA) is 107 Å². The maximum atomic E-state index is 13.2. The molecule has 0 bridgehead atoms. The molecule has 142 valence electrons. The minimum absolute atomic E-state index is 0.225. The zero-order valence-corrected chi connectivity index (χ0v) is 15.9. The van der Waals surface area contributed by atoms with Crippen LogP contribution in [0.25, 0.3) is 11.5 Å². The van der Waals surface area contributed by atoms with Gasteiger partial charge in [0.1, 0.15) is 10.9 Å². The molecule has 1 atom stereocenters. The van der Waals surface area contributed by atoms with Gasteiger partial charge in [-0.05, 0) is 38.8 Å². The molecule has 0 spiro atoms. The minimum Gasteiger partial charge on any atom is -0.419 e. The lowest BCUT2D eigenvalue weighted by molar-refractivity contribution is 0.332. The molecule has 0 aliphatic carbocycles. The summed E-state index contributed by atoms with van der Waals surface area (Å²) in [6, 6.07) is 3.12. The highest BCUT2D eigenvalue weighted by molar-refractivity contribution is 7.89. The van der Waals surface area contributed by atoms with E-state index in [4.69, 9.17) is 4.42 Å². The second-order valence-corrected chi connectivity index (χ2v) is 8.25. The van der Waals surface area contributed by atoms with Crippen LogP contribution in [0.4, 0.5) is 0 Å². The third-order valence-electron chi connectivity index (χ3n) is 4.65. The van der Waals surface area contributed by atoms with Crippen molar-refractivity contribution in [2.45, 2.75) is 44.2 Å². The quantitative estimate of drug-likeness (QED) is 0.659. The molecule has 0 unspecified atom stereocenters. The van der Waals surface area contributed by atoms with Crippen molar-refractivity contribution >= 4 is 10.0 Å². The number of rotatable bonds is 5. The minimum atomic E-state index is -3.70. The van der Waals surface area contributed by atoms with Crippen LogP contribution in [0.3, 0.4) is 0 Å². The van der Waals surface area contributed by atoms with Crippen molar-refractivity contribution < 1.29 is 12.8 Å². The van der Waals surface area contributed by atoms with Crippen LogP contribution in [-0.2, 0) is 16.6 Å². The lowest BCUT2D eigenvalue weighted by Crippen LogP contribution is -2.31. The van der Waals surface area contributed by atoms with Gasteiger partial charge in [-0.3, -0.25) is 9.67 Å². The molecule has 10 heteroatoms. The molecule has 9 nitrogen and oxygen atoms in total. The lowest BCUT2D eigenvalue weighted by Gasteiger charge is -2.21. The number of sulfonamides is 1. The van der Waals surface area contributed by atoms with E-state index in [1.807, 2.05) is 13.0 Å². The summed E-state index contributed by atoms with van der Waals surface area (Å²) in [5.74, 6) is 0.632. The van der Waals surface area contributed by atoms with Crippen molar-refractivity contribution in [2.24, 2.45) is 0 Å². The maximum absolute atomic E-state index is 13.2. The number of hydrogen-bond donors (Lipinski definition) is 0. The molecule has 1 fully saturated rings. The third-order valence-corrected chi connectivity index (χ3v) is 6.66. The van der Waals surface area contributed by atoms with Crippen molar-refractivity contribution in [3.05, 3.63) is 42.3 Å². The Balaban J connectivity index is 1.66. The Morgan fingerprint density at radius 3 is 2.89 bits per heavy atom. The number of nitrogens with zero attached hydrogens (tertiary/aromatic N) is 6. The Bertz CT molecular complexity index is 1040. The summed E-state index contributed by atoms with van der Waals surface area (Å²) in [7, 11) is -3.70. The van der Waals surface area contributed by atoms with E-state index in [0.717, 1.165) is 6.42 Å². The SMILES string of the molecule is CCn1cc(S(=O)(=O)N2CCC[C@H]2c2nnc(-c3cccnc3)o2)c(C)n1. The lowest BCUT2D eigenvalue weighted by atomic mass is 10.2. The van der Waals surface area contributed by atoms with Crippen LogP contribution >= 0.6 is 0 Å². The Morgan fingerprint density at radius 1 is 1.33 bits per heavy atom. The van der Waals surface area contributed by atoms with Gasteiger partial charge in [0, 0.05) is 31.7 Å². The molecule has 3 aromatic rings. The summed E-state index contributed by atoms with van der Waals surface area (Å²) in [6.07, 6.45) is 6.23. The summed E-state index contributed by atoms with van der Waals surface area (Å²) in [6.45, 7) is 4.64. The van der Waals surface area contributed by atoms with Gasteiger partial charge in [0.2, 0.25) is 21.8 Å². The Hall–Kier alpha value is -2.59. The van der Waals surface area contributed by atoms with E-state index in [2.05, 4.69) is 20.3 Å². The molecule has 0 radical (unpaired) electrons. The first-order chi connectivity index (χ1) is 13.0. The predicted molar refractivity (Wildman–Crippen MR) is 96.0 cm³/mol. The van der Waals surface area contributed by atoms with Gasteiger partial charge in [-0.1, -0.05) is 0 Å². The van der Waals surface area contributed by atoms with Gasteiger partial charge in [0.15, 0.2) is 0 Å². The molecule has 3 aromatic heterocycles. The normalized spacial score (nSPS) is 18.2. The summed E-state index contributed by atoms with van der Waals surface area (Å²) < 4.78 is 35.3. The highest BCUT2D eigenvalue weighted by Crippen LogP contribution is 2.37. The Morgan fingerprint density at radius 2 is 2.19 bits per heavy atom. The Kier molecular flexibility index (Phi) is 4.52. The average molecular weight is 388 g/mol. The molecule has 0 N–H and O–H groups in total. The van der Waals surface area contributed by atoms with Gasteiger partial charge in [-0.15, -0.1) is 10.2 Å². The number of hydrogen-bond acceptors (Lipinski definition) is 7. The van der Waals surface area contributed by atoms with Crippen LogP contribution in [0.2, 0.25) is 0 Å². The van der Waals surface area contributed by atoms with Crippen LogP contribution < -0.4 is 0 Å². The van der Waals surface area contributed by atoms with E-state index < -0.39 is 16.1 Å². The van der Waals surface area contributed by atoms with Crippen molar-refractivity contribution in [1.29, 1.82) is 0 Å². The second-order valence-electron chi connectivity index (χ2n) is 6.40. The molecule has 1 aliphatic rings. The largest absolute Gasteiger partial charge is 0.419 e. The van der Waals surface area contributed by atoms with E-state index in [9.17, 15) is 8.42 Å². The molecule has 4 rings (SSSR count). The number of aromatic nitrogens is 5. The van der Waals surface area contributed by atoms with Gasteiger partial charge in [0.25, 0.3) is 0 Å². The van der Waals surface area contributed by atoms with E-state index in [0.29, 0.717) is 42.5 Å². The first-order valence-electron chi connectivity index (χ1n) is 8.80. The predicted octanol–water partition coefficient (Wildman–Crippen LogP) is 2.18. The van der Waals surface area contributed by atoms with E-state index in [1.165, 1.54) is 4.31 Å². The molecule has 1 aliphatic heterocycles. The molecular formula is C17H20N6O3S. The third kappa shape index (κ3) is 3.15. The molecule has 27 heavy (non-hydrogen) atoms. The number of pyridine rings is 1. The summed E-state index contributed by atoms with van der Waals surface area (Å²) in [4.78, 5) is 4.26. The fourth-order valence-corrected chi connectivity index (χ4v) is 5.11. The van der Waals surface area contributed by atoms with Gasteiger partial charge in [-0.2, -0.15) is 9.40 Å². The van der Waals surface area contributed by atoms with Crippen molar-refractivity contribution in [1.82, 2.24) is 29.3 Å². The first-order valence-corrected chi connectivity index (χ1v) is 10.2. The maximum Gasteiger partial charge on any atom is 0.249 e. The Labute approximate surface area is 157 Å². The molecule has 0 saturated carbocycles. The van der Waals surface area contributed by atoms with Gasteiger partial charge in [0.05, 0.1) is 11.3 Å². The zero-order valence-electron chi connectivity index (χ0n) is 15.1. The molecule has 4 heterocycles. The van der Waals surface area contributed by atoms with Crippen LogP contribution in [0, 0.1) is 6.92 Å². The van der Waals surface area contributed by atoms with Crippen molar-refractivity contribution in [2.75, 3.05) is 6.54 Å². The van der Waals surface area contributed by atoms with Crippen LogP contribution in [0.15, 0.2) is 40.0 Å². The summed E-state index contributed by atoms with van der Waals surface area (Å²) in [5, 5.41) is 12.4. The standard InChI is InChI=1S/C17H20N6O3S/c1-3-22-11-15(12(2)21-22)27(24,25)23-9-5-7-14(23)17-20-19-16(26-17)13-6-4-8-18-10-13/h4,6,8,10-11,14H,3,5,7,9H2,1-2H3/t14-/m0/s1. The molecule has 1 saturated heterocycles. The molecule has 0 aromatic carbocycles. The fraction of sp³-hybridized carbons (Fsp3) is 0.412. The monoisotopic (exact) mass is 388 g/mol. The highest BCUT2D eigenvalue weighted by atomic mass is 32.2. The highest BCUT2D eigenvalue weighted by Gasteiger charge is 2.40. The van der Waals surface area contributed by atoms with Gasteiger partial charge in [-0.25, -0.2) is 8.42 Å². The van der Waals surface area contributed by atoms with E-state index >= 15 is 0 Å². The van der Waals surface area contributed by atoms with E-state index in [1.54, 1.807) is 36.3 Å². The number of aryl methyl sites for hydroxylation is 2. The van der Waals surface area contributed by atoms with Crippen LogP contribution in [0.5, 0.6) is 0 Å². The van der Waals surface area contributed by atoms with Crippen LogP contribution in [0.1, 0.15) is 37.4 Å². The van der Waals surface area contributed by atoms with Gasteiger partial charge >= 0.3 is 0 Å². The smallest absolute Gasteiger partial charge is 0.249 e. The van der Waals surface area contributed by atoms with E-state index in [-0.39, 0.29) is 4.90 Å². The zero-order chi connectivity index (χ0) is 19.0.